The molecule has 0 amide bonds. The van der Waals surface area contributed by atoms with Crippen LogP contribution >= 0.6 is 0 Å². The first-order chi connectivity index (χ1) is 13.2. The normalized spacial score (nSPS) is 14.8. The Labute approximate surface area is 160 Å². The van der Waals surface area contributed by atoms with Gasteiger partial charge in [-0.1, -0.05) is 19.4 Å². The highest BCUT2D eigenvalue weighted by molar-refractivity contribution is 6.13. The topological polar surface area (TPSA) is 44.8 Å². The second-order valence-corrected chi connectivity index (χ2v) is 6.63. The molecule has 2 aromatic rings. The van der Waals surface area contributed by atoms with Gasteiger partial charge in [-0.05, 0) is 66.8 Å². The summed E-state index contributed by atoms with van der Waals surface area (Å²) in [7, 11) is 3.28. The Kier molecular flexibility index (Phi) is 6.17. The van der Waals surface area contributed by atoms with Crippen molar-refractivity contribution in [2.45, 2.75) is 32.6 Å². The van der Waals surface area contributed by atoms with E-state index in [-0.39, 0.29) is 5.78 Å². The lowest BCUT2D eigenvalue weighted by Gasteiger charge is -2.18. The Bertz CT molecular complexity index is 851. The third-order valence-corrected chi connectivity index (χ3v) is 4.80. The highest BCUT2D eigenvalue weighted by Crippen LogP contribution is 2.32. The van der Waals surface area contributed by atoms with Crippen LogP contribution in [0.2, 0.25) is 0 Å². The van der Waals surface area contributed by atoms with Gasteiger partial charge in [0.05, 0.1) is 20.8 Å². The number of methoxy groups -OCH3 is 2. The van der Waals surface area contributed by atoms with Crippen LogP contribution in [0.5, 0.6) is 17.2 Å². The SMILES string of the molecule is CCCCOc1cc(/C=C2\CCc3cc(OC)ccc3C2=O)ccc1OC. The van der Waals surface area contributed by atoms with Crippen LogP contribution < -0.4 is 14.2 Å². The lowest BCUT2D eigenvalue weighted by Crippen LogP contribution is -2.14. The molecule has 0 heterocycles. The molecule has 1 aliphatic rings. The monoisotopic (exact) mass is 366 g/mol. The zero-order valence-corrected chi connectivity index (χ0v) is 16.2. The summed E-state index contributed by atoms with van der Waals surface area (Å²) >= 11 is 0. The first-order valence-electron chi connectivity index (χ1n) is 9.39. The number of hydrogen-bond acceptors (Lipinski definition) is 4. The fourth-order valence-corrected chi connectivity index (χ4v) is 3.24. The second kappa shape index (κ2) is 8.76. The largest absolute Gasteiger partial charge is 0.497 e. The van der Waals surface area contributed by atoms with E-state index in [1.165, 1.54) is 0 Å². The first kappa shape index (κ1) is 19.0. The Morgan fingerprint density at radius 1 is 1.00 bits per heavy atom. The molecule has 0 aliphatic heterocycles. The van der Waals surface area contributed by atoms with Crippen molar-refractivity contribution in [1.82, 2.24) is 0 Å². The minimum absolute atomic E-state index is 0.0863. The van der Waals surface area contributed by atoms with Gasteiger partial charge in [-0.15, -0.1) is 0 Å². The Morgan fingerprint density at radius 2 is 1.85 bits per heavy atom. The van der Waals surface area contributed by atoms with E-state index in [9.17, 15) is 4.79 Å². The van der Waals surface area contributed by atoms with Crippen LogP contribution in [-0.2, 0) is 6.42 Å². The number of aryl methyl sites for hydroxylation is 1. The van der Waals surface area contributed by atoms with Crippen LogP contribution in [0.1, 0.15) is 47.7 Å². The van der Waals surface area contributed by atoms with E-state index in [1.54, 1.807) is 14.2 Å². The van der Waals surface area contributed by atoms with Gasteiger partial charge in [0.25, 0.3) is 0 Å². The molecule has 0 N–H and O–H groups in total. The molecule has 0 fully saturated rings. The van der Waals surface area contributed by atoms with Crippen molar-refractivity contribution in [3.8, 4) is 17.2 Å². The average Bonchev–Trinajstić information content (AvgIpc) is 2.70. The molecule has 3 rings (SSSR count). The smallest absolute Gasteiger partial charge is 0.189 e. The van der Waals surface area contributed by atoms with Gasteiger partial charge in [0.15, 0.2) is 17.3 Å². The highest BCUT2D eigenvalue weighted by atomic mass is 16.5. The minimum Gasteiger partial charge on any atom is -0.497 e. The minimum atomic E-state index is 0.0863. The van der Waals surface area contributed by atoms with Crippen molar-refractivity contribution < 1.29 is 19.0 Å². The summed E-state index contributed by atoms with van der Waals surface area (Å²) in [6.45, 7) is 2.78. The van der Waals surface area contributed by atoms with Crippen LogP contribution in [0.3, 0.4) is 0 Å². The lowest BCUT2D eigenvalue weighted by molar-refractivity contribution is 0.102. The van der Waals surface area contributed by atoms with E-state index >= 15 is 0 Å². The van der Waals surface area contributed by atoms with Crippen molar-refractivity contribution in [2.24, 2.45) is 0 Å². The molecule has 4 heteroatoms. The number of Topliss-reactive ketones (excluding diaryl/α,β-unsaturated/α-hetero) is 1. The number of benzene rings is 2. The van der Waals surface area contributed by atoms with Gasteiger partial charge >= 0.3 is 0 Å². The molecule has 0 aromatic heterocycles. The Hall–Kier alpha value is -2.75. The first-order valence-corrected chi connectivity index (χ1v) is 9.39. The molecular formula is C23H26O4. The van der Waals surface area contributed by atoms with Crippen LogP contribution in [-0.4, -0.2) is 26.6 Å². The number of carbonyl (C=O) groups excluding carboxylic acids is 1. The number of ether oxygens (including phenoxy) is 3. The standard InChI is InChI=1S/C23H26O4/c1-4-5-12-27-22-14-16(6-11-21(22)26-3)13-18-8-7-17-15-19(25-2)9-10-20(17)23(18)24/h6,9-11,13-15H,4-5,7-8,12H2,1-3H3/b18-13+. The maximum absolute atomic E-state index is 12.9. The quantitative estimate of drug-likeness (QED) is 0.505. The number of hydrogen-bond donors (Lipinski definition) is 0. The van der Waals surface area contributed by atoms with Crippen molar-refractivity contribution in [3.05, 3.63) is 58.7 Å². The number of unbranched alkanes of at least 4 members (excludes halogenated alkanes) is 1. The molecule has 0 bridgehead atoms. The van der Waals surface area contributed by atoms with Gasteiger partial charge in [0.2, 0.25) is 0 Å². The number of allylic oxidation sites excluding steroid dienone is 1. The predicted molar refractivity (Wildman–Crippen MR) is 107 cm³/mol. The van der Waals surface area contributed by atoms with Crippen LogP contribution in [0, 0.1) is 0 Å². The van der Waals surface area contributed by atoms with Crippen molar-refractivity contribution in [2.75, 3.05) is 20.8 Å². The average molecular weight is 366 g/mol. The Balaban J connectivity index is 1.85. The van der Waals surface area contributed by atoms with Gasteiger partial charge in [-0.25, -0.2) is 0 Å². The number of carbonyl (C=O) groups is 1. The van der Waals surface area contributed by atoms with Gasteiger partial charge in [-0.2, -0.15) is 0 Å². The molecule has 27 heavy (non-hydrogen) atoms. The van der Waals surface area contributed by atoms with E-state index in [0.717, 1.165) is 53.7 Å². The fourth-order valence-electron chi connectivity index (χ4n) is 3.24. The summed E-state index contributed by atoms with van der Waals surface area (Å²) in [6, 6.07) is 11.4. The van der Waals surface area contributed by atoms with E-state index < -0.39 is 0 Å². The molecule has 142 valence electrons. The molecule has 0 saturated carbocycles. The lowest BCUT2D eigenvalue weighted by atomic mass is 9.86. The summed E-state index contributed by atoms with van der Waals surface area (Å²) in [5, 5.41) is 0. The van der Waals surface area contributed by atoms with Gasteiger partial charge in [0.1, 0.15) is 5.75 Å². The van der Waals surface area contributed by atoms with E-state index in [4.69, 9.17) is 14.2 Å². The maximum Gasteiger partial charge on any atom is 0.189 e. The molecule has 2 aromatic carbocycles. The molecule has 0 saturated heterocycles. The zero-order chi connectivity index (χ0) is 19.2. The summed E-state index contributed by atoms with van der Waals surface area (Å²) in [5.74, 6) is 2.30. The van der Waals surface area contributed by atoms with E-state index in [1.807, 2.05) is 42.5 Å². The van der Waals surface area contributed by atoms with Crippen molar-refractivity contribution in [3.63, 3.8) is 0 Å². The van der Waals surface area contributed by atoms with E-state index in [0.29, 0.717) is 18.1 Å². The van der Waals surface area contributed by atoms with Crippen LogP contribution in [0.4, 0.5) is 0 Å². The Morgan fingerprint density at radius 3 is 2.59 bits per heavy atom. The molecule has 0 unspecified atom stereocenters. The van der Waals surface area contributed by atoms with Crippen molar-refractivity contribution in [1.29, 1.82) is 0 Å². The third-order valence-electron chi connectivity index (χ3n) is 4.80. The van der Waals surface area contributed by atoms with E-state index in [2.05, 4.69) is 6.92 Å². The maximum atomic E-state index is 12.9. The molecular weight excluding hydrogens is 340 g/mol. The fraction of sp³-hybridized carbons (Fsp3) is 0.348. The highest BCUT2D eigenvalue weighted by Gasteiger charge is 2.22. The summed E-state index contributed by atoms with van der Waals surface area (Å²) in [6.07, 6.45) is 5.58. The summed E-state index contributed by atoms with van der Waals surface area (Å²) in [5.41, 5.74) is 3.58. The molecule has 4 nitrogen and oxygen atoms in total. The second-order valence-electron chi connectivity index (χ2n) is 6.63. The van der Waals surface area contributed by atoms with Crippen LogP contribution in [0.25, 0.3) is 6.08 Å². The van der Waals surface area contributed by atoms with Crippen molar-refractivity contribution >= 4 is 11.9 Å². The number of fused-ring (bicyclic) bond motifs is 1. The van der Waals surface area contributed by atoms with Gasteiger partial charge in [-0.3, -0.25) is 4.79 Å². The summed E-state index contributed by atoms with van der Waals surface area (Å²) < 4.78 is 16.5. The van der Waals surface area contributed by atoms with Gasteiger partial charge in [0, 0.05) is 11.1 Å². The molecule has 1 aliphatic carbocycles. The van der Waals surface area contributed by atoms with Crippen LogP contribution in [0.15, 0.2) is 42.0 Å². The number of ketones is 1. The predicted octanol–water partition coefficient (Wildman–Crippen LogP) is 5.10. The third kappa shape index (κ3) is 4.33. The zero-order valence-electron chi connectivity index (χ0n) is 16.2. The molecule has 0 radical (unpaired) electrons. The number of rotatable bonds is 7. The van der Waals surface area contributed by atoms with Gasteiger partial charge < -0.3 is 14.2 Å². The molecule has 0 atom stereocenters. The summed E-state index contributed by atoms with van der Waals surface area (Å²) in [4.78, 5) is 12.9. The molecule has 0 spiro atoms.